The topological polar surface area (TPSA) is 146 Å². The third-order valence-electron chi connectivity index (χ3n) is 6.34. The number of carbonyl (C=O) groups is 1. The number of nitrogens with zero attached hydrogens (tertiary/aromatic N) is 5. The Morgan fingerprint density at radius 3 is 2.51 bits per heavy atom. The zero-order valence-corrected chi connectivity index (χ0v) is 22.5. The van der Waals surface area contributed by atoms with Crippen molar-refractivity contribution in [2.75, 3.05) is 51.0 Å². The summed E-state index contributed by atoms with van der Waals surface area (Å²) in [5, 5.41) is 5.49. The molecule has 2 aliphatic heterocycles. The zero-order chi connectivity index (χ0) is 29.7. The number of guanidine groups is 1. The number of carbonyl (C=O) groups excluding carboxylic acids is 1. The van der Waals surface area contributed by atoms with Gasteiger partial charge in [-0.3, -0.25) is 9.79 Å². The summed E-state index contributed by atoms with van der Waals surface area (Å²) in [6.45, 7) is 6.65. The number of alkyl halides is 3. The molecule has 216 valence electrons. The molecule has 0 bridgehead atoms. The Morgan fingerprint density at radius 1 is 1.12 bits per heavy atom. The van der Waals surface area contributed by atoms with Gasteiger partial charge in [-0.15, -0.1) is 0 Å². The first-order valence-electron chi connectivity index (χ1n) is 12.5. The van der Waals surface area contributed by atoms with Gasteiger partial charge < -0.3 is 36.6 Å². The lowest BCUT2D eigenvalue weighted by Gasteiger charge is -2.34. The Morgan fingerprint density at radius 2 is 1.85 bits per heavy atom. The van der Waals surface area contributed by atoms with Gasteiger partial charge in [0.1, 0.15) is 23.0 Å². The number of piperazine rings is 1. The molecule has 1 saturated heterocycles. The minimum absolute atomic E-state index is 0.00944. The van der Waals surface area contributed by atoms with Gasteiger partial charge in [0, 0.05) is 43.6 Å². The number of nitrogens with one attached hydrogen (secondary N) is 2. The minimum Gasteiger partial charge on any atom is -0.495 e. The second-order valence-corrected chi connectivity index (χ2v) is 9.19. The van der Waals surface area contributed by atoms with E-state index in [9.17, 15) is 18.0 Å². The van der Waals surface area contributed by atoms with E-state index in [1.807, 2.05) is 11.9 Å². The summed E-state index contributed by atoms with van der Waals surface area (Å²) in [5.74, 6) is 0.241. The van der Waals surface area contributed by atoms with E-state index in [1.165, 1.54) is 43.6 Å². The third kappa shape index (κ3) is 6.84. The molecule has 0 saturated carbocycles. The van der Waals surface area contributed by atoms with Crippen LogP contribution in [0.2, 0.25) is 0 Å². The van der Waals surface area contributed by atoms with Crippen LogP contribution in [0.5, 0.6) is 5.75 Å². The number of halogens is 3. The number of benzene rings is 2. The number of nitrogens with two attached hydrogens (primary N) is 2. The summed E-state index contributed by atoms with van der Waals surface area (Å²) in [5.41, 5.74) is 12.6. The summed E-state index contributed by atoms with van der Waals surface area (Å²) < 4.78 is 44.7. The maximum Gasteiger partial charge on any atom is 0.416 e. The van der Waals surface area contributed by atoms with Crippen LogP contribution in [0, 0.1) is 0 Å². The number of amidine groups is 1. The second kappa shape index (κ2) is 12.1. The van der Waals surface area contributed by atoms with Gasteiger partial charge in [-0.1, -0.05) is 12.6 Å². The number of amides is 1. The van der Waals surface area contributed by atoms with Crippen molar-refractivity contribution in [2.24, 2.45) is 26.4 Å². The average Bonchev–Trinajstić information content (AvgIpc) is 2.94. The van der Waals surface area contributed by atoms with Crippen LogP contribution >= 0.6 is 0 Å². The first kappa shape index (κ1) is 29.1. The van der Waals surface area contributed by atoms with Gasteiger partial charge in [0.25, 0.3) is 5.91 Å². The number of methoxy groups -OCH3 is 1. The molecule has 0 aromatic heterocycles. The van der Waals surface area contributed by atoms with Crippen LogP contribution in [-0.2, 0) is 6.18 Å². The Hall–Kier alpha value is -4.85. The summed E-state index contributed by atoms with van der Waals surface area (Å²) in [4.78, 5) is 30.4. The van der Waals surface area contributed by atoms with Crippen LogP contribution in [0.15, 0.2) is 81.7 Å². The monoisotopic (exact) mass is 569 g/mol. The molecule has 0 radical (unpaired) electrons. The Bertz CT molecular complexity index is 1460. The van der Waals surface area contributed by atoms with E-state index in [2.05, 4.69) is 37.1 Å². The lowest BCUT2D eigenvalue weighted by atomic mass is 10.1. The molecule has 0 unspecified atom stereocenters. The Balaban J connectivity index is 1.64. The number of hydrogen-bond acceptors (Lipinski definition) is 10. The maximum atomic E-state index is 13.1. The van der Waals surface area contributed by atoms with Crippen molar-refractivity contribution in [1.82, 2.24) is 9.80 Å². The van der Waals surface area contributed by atoms with Gasteiger partial charge in [0.2, 0.25) is 5.96 Å². The molecular formula is C27H30F3N9O2. The first-order chi connectivity index (χ1) is 19.5. The highest BCUT2D eigenvalue weighted by molar-refractivity contribution is 6.49. The van der Waals surface area contributed by atoms with Crippen LogP contribution in [0.25, 0.3) is 0 Å². The van der Waals surface area contributed by atoms with Crippen LogP contribution < -0.4 is 26.8 Å². The van der Waals surface area contributed by atoms with Crippen LogP contribution in [-0.4, -0.2) is 73.6 Å². The highest BCUT2D eigenvalue weighted by Crippen LogP contribution is 2.31. The fraction of sp³-hybridized carbons (Fsp3) is 0.259. The summed E-state index contributed by atoms with van der Waals surface area (Å²) in [6.07, 6.45) is -3.25. The van der Waals surface area contributed by atoms with Gasteiger partial charge >= 0.3 is 6.18 Å². The van der Waals surface area contributed by atoms with Crippen molar-refractivity contribution in [3.8, 4) is 5.75 Å². The van der Waals surface area contributed by atoms with E-state index in [0.717, 1.165) is 25.2 Å². The third-order valence-corrected chi connectivity index (χ3v) is 6.34. The Labute approximate surface area is 234 Å². The first-order valence-corrected chi connectivity index (χ1v) is 12.5. The van der Waals surface area contributed by atoms with Crippen molar-refractivity contribution < 1.29 is 22.7 Å². The van der Waals surface area contributed by atoms with Crippen molar-refractivity contribution in [1.29, 1.82) is 0 Å². The quantitative estimate of drug-likeness (QED) is 0.418. The van der Waals surface area contributed by atoms with E-state index in [4.69, 9.17) is 16.2 Å². The molecule has 41 heavy (non-hydrogen) atoms. The van der Waals surface area contributed by atoms with Crippen LogP contribution in [0.4, 0.5) is 24.5 Å². The maximum absolute atomic E-state index is 13.1. The fourth-order valence-electron chi connectivity index (χ4n) is 4.14. The van der Waals surface area contributed by atoms with Crippen molar-refractivity contribution in [3.05, 3.63) is 77.9 Å². The van der Waals surface area contributed by atoms with E-state index in [1.54, 1.807) is 0 Å². The van der Waals surface area contributed by atoms with Gasteiger partial charge in [0.05, 0.1) is 18.4 Å². The van der Waals surface area contributed by atoms with E-state index < -0.39 is 17.6 Å². The molecule has 14 heteroatoms. The van der Waals surface area contributed by atoms with Crippen molar-refractivity contribution in [3.63, 3.8) is 0 Å². The minimum atomic E-state index is -4.54. The number of aliphatic imine (C=N–C) groups is 3. The predicted molar refractivity (Wildman–Crippen MR) is 153 cm³/mol. The molecule has 6 N–H and O–H groups in total. The predicted octanol–water partition coefficient (Wildman–Crippen LogP) is 3.06. The van der Waals surface area contributed by atoms with Crippen molar-refractivity contribution in [2.45, 2.75) is 6.18 Å². The molecule has 0 aliphatic carbocycles. The number of anilines is 2. The molecule has 2 aromatic carbocycles. The highest BCUT2D eigenvalue weighted by atomic mass is 19.4. The van der Waals surface area contributed by atoms with Crippen LogP contribution in [0.1, 0.15) is 15.9 Å². The molecule has 1 fully saturated rings. The SMILES string of the molecule is C=C/N=C1/C(N)=NC(N2CCN(C)CC2)=N/C1=C(/N)Nc1cc(C(=O)Nc2cccc(C(F)(F)F)c2)ccc1OC. The summed E-state index contributed by atoms with van der Waals surface area (Å²) in [6, 6.07) is 8.80. The van der Waals surface area contributed by atoms with Gasteiger partial charge in [-0.05, 0) is 43.4 Å². The Kier molecular flexibility index (Phi) is 8.62. The number of hydrogen-bond donors (Lipinski definition) is 4. The van der Waals surface area contributed by atoms with Gasteiger partial charge in [0.15, 0.2) is 5.84 Å². The molecule has 4 rings (SSSR count). The summed E-state index contributed by atoms with van der Waals surface area (Å²) >= 11 is 0. The largest absolute Gasteiger partial charge is 0.495 e. The lowest BCUT2D eigenvalue weighted by molar-refractivity contribution is -0.137. The number of rotatable bonds is 6. The number of ether oxygens (including phenoxy) is 1. The van der Waals surface area contributed by atoms with E-state index in [0.29, 0.717) is 30.5 Å². The molecular weight excluding hydrogens is 539 g/mol. The van der Waals surface area contributed by atoms with Crippen LogP contribution in [0.3, 0.4) is 0 Å². The molecule has 1 amide bonds. The molecule has 2 heterocycles. The van der Waals surface area contributed by atoms with E-state index in [-0.39, 0.29) is 34.3 Å². The fourth-order valence-corrected chi connectivity index (χ4v) is 4.14. The molecule has 2 aromatic rings. The second-order valence-electron chi connectivity index (χ2n) is 9.19. The summed E-state index contributed by atoms with van der Waals surface area (Å²) in [7, 11) is 3.47. The highest BCUT2D eigenvalue weighted by Gasteiger charge is 2.30. The standard InChI is InChI=1S/C27H30F3N9O2/c1-4-33-21-22(36-26(37-23(21)31)39-12-10-38(2)11-13-39)24(32)35-19-14-16(8-9-20(19)41-3)25(40)34-18-7-5-6-17(15-18)27(28,29)30/h4-9,14-15,35H,1,10-13,32H2,2-3H3,(H,34,40)(H2,31,36,37)/b24-22-,33-21+. The molecule has 0 atom stereocenters. The molecule has 11 nitrogen and oxygen atoms in total. The normalized spacial score (nSPS) is 18.4. The smallest absolute Gasteiger partial charge is 0.416 e. The number of likely N-dealkylation sites (N-methyl/N-ethyl adjacent to an activating group) is 1. The van der Waals surface area contributed by atoms with Gasteiger partial charge in [-0.25, -0.2) is 4.99 Å². The molecule has 0 spiro atoms. The molecule has 2 aliphatic rings. The van der Waals surface area contributed by atoms with Crippen molar-refractivity contribution >= 4 is 34.8 Å². The van der Waals surface area contributed by atoms with E-state index >= 15 is 0 Å². The van der Waals surface area contributed by atoms with Gasteiger partial charge in [-0.2, -0.15) is 18.2 Å². The lowest BCUT2D eigenvalue weighted by Crippen LogP contribution is -2.48. The zero-order valence-electron chi connectivity index (χ0n) is 22.5. The average molecular weight is 570 g/mol.